The fourth-order valence-electron chi connectivity index (χ4n) is 4.22. The van der Waals surface area contributed by atoms with Gasteiger partial charge in [-0.25, -0.2) is 0 Å². The predicted molar refractivity (Wildman–Crippen MR) is 75.6 cm³/mol. The Labute approximate surface area is 119 Å². The highest BCUT2D eigenvalue weighted by Crippen LogP contribution is 2.53. The van der Waals surface area contributed by atoms with Crippen molar-refractivity contribution >= 4 is 11.8 Å². The zero-order chi connectivity index (χ0) is 14.3. The number of benzene rings is 1. The Morgan fingerprint density at radius 3 is 2.85 bits per heavy atom. The zero-order valence-corrected chi connectivity index (χ0v) is 12.0. The molecule has 3 heteroatoms. The molecule has 1 saturated carbocycles. The first-order valence-electron chi connectivity index (χ1n) is 7.43. The van der Waals surface area contributed by atoms with E-state index < -0.39 is 5.60 Å². The van der Waals surface area contributed by atoms with E-state index in [0.29, 0.717) is 12.3 Å². The largest absolute Gasteiger partial charge is 0.451 e. The van der Waals surface area contributed by atoms with Crippen LogP contribution in [0, 0.1) is 5.92 Å². The number of rotatable bonds is 2. The molecule has 3 atom stereocenters. The van der Waals surface area contributed by atoms with E-state index >= 15 is 0 Å². The SMILES string of the molecule is CC[C@H]1c2ccccc2C(=O)[C@]2(OC(C)=O)CCC[C@H]12. The molecule has 0 radical (unpaired) electrons. The number of ketones is 1. The molecule has 1 aromatic carbocycles. The van der Waals surface area contributed by atoms with Gasteiger partial charge in [0.05, 0.1) is 0 Å². The Kier molecular flexibility index (Phi) is 3.15. The van der Waals surface area contributed by atoms with E-state index in [-0.39, 0.29) is 17.7 Å². The zero-order valence-electron chi connectivity index (χ0n) is 12.0. The lowest BCUT2D eigenvalue weighted by atomic mass is 9.66. The fraction of sp³-hybridized carbons (Fsp3) is 0.529. The Hall–Kier alpha value is -1.64. The van der Waals surface area contributed by atoms with Gasteiger partial charge in [-0.2, -0.15) is 0 Å². The summed E-state index contributed by atoms with van der Waals surface area (Å²) in [5.41, 5.74) is 0.981. The molecule has 2 aliphatic rings. The smallest absolute Gasteiger partial charge is 0.303 e. The lowest BCUT2D eigenvalue weighted by molar-refractivity contribution is -0.156. The average molecular weight is 272 g/mol. The van der Waals surface area contributed by atoms with Crippen LogP contribution in [0.3, 0.4) is 0 Å². The molecule has 0 unspecified atom stereocenters. The van der Waals surface area contributed by atoms with Crippen LogP contribution in [-0.4, -0.2) is 17.4 Å². The van der Waals surface area contributed by atoms with Crippen molar-refractivity contribution in [1.29, 1.82) is 0 Å². The number of carbonyl (C=O) groups is 2. The van der Waals surface area contributed by atoms with Gasteiger partial charge in [0.25, 0.3) is 0 Å². The van der Waals surface area contributed by atoms with Crippen molar-refractivity contribution in [3.05, 3.63) is 35.4 Å². The summed E-state index contributed by atoms with van der Waals surface area (Å²) in [5.74, 6) is 0.111. The number of hydrogen-bond acceptors (Lipinski definition) is 3. The first-order chi connectivity index (χ1) is 9.60. The van der Waals surface area contributed by atoms with Gasteiger partial charge in [-0.05, 0) is 37.2 Å². The Balaban J connectivity index is 2.16. The van der Waals surface area contributed by atoms with Crippen LogP contribution in [-0.2, 0) is 9.53 Å². The van der Waals surface area contributed by atoms with Crippen molar-refractivity contribution in [3.63, 3.8) is 0 Å². The maximum absolute atomic E-state index is 12.9. The van der Waals surface area contributed by atoms with Crippen LogP contribution in [0.25, 0.3) is 0 Å². The molecule has 3 nitrogen and oxygen atoms in total. The summed E-state index contributed by atoms with van der Waals surface area (Å²) < 4.78 is 5.62. The van der Waals surface area contributed by atoms with Crippen LogP contribution in [0.15, 0.2) is 24.3 Å². The van der Waals surface area contributed by atoms with Crippen LogP contribution in [0.4, 0.5) is 0 Å². The Morgan fingerprint density at radius 1 is 1.40 bits per heavy atom. The number of esters is 1. The van der Waals surface area contributed by atoms with E-state index in [1.807, 2.05) is 18.2 Å². The topological polar surface area (TPSA) is 43.4 Å². The quantitative estimate of drug-likeness (QED) is 0.774. The van der Waals surface area contributed by atoms with Crippen LogP contribution in [0.2, 0.25) is 0 Å². The molecule has 0 amide bonds. The van der Waals surface area contributed by atoms with Crippen molar-refractivity contribution in [3.8, 4) is 0 Å². The number of fused-ring (bicyclic) bond motifs is 2. The molecule has 0 heterocycles. The molecule has 0 bridgehead atoms. The first-order valence-corrected chi connectivity index (χ1v) is 7.43. The molecule has 2 aliphatic carbocycles. The molecule has 106 valence electrons. The minimum Gasteiger partial charge on any atom is -0.451 e. The normalized spacial score (nSPS) is 31.6. The highest BCUT2D eigenvalue weighted by atomic mass is 16.6. The van der Waals surface area contributed by atoms with Crippen molar-refractivity contribution in [2.75, 3.05) is 0 Å². The number of hydrogen-bond donors (Lipinski definition) is 0. The van der Waals surface area contributed by atoms with E-state index in [4.69, 9.17) is 4.74 Å². The van der Waals surface area contributed by atoms with E-state index in [1.165, 1.54) is 6.92 Å². The molecule has 0 aromatic heterocycles. The molecule has 0 aliphatic heterocycles. The molecule has 0 spiro atoms. The molecule has 1 aromatic rings. The molecule has 0 saturated heterocycles. The summed E-state index contributed by atoms with van der Waals surface area (Å²) in [6.45, 7) is 3.55. The summed E-state index contributed by atoms with van der Waals surface area (Å²) in [4.78, 5) is 24.5. The average Bonchev–Trinajstić information content (AvgIpc) is 2.84. The molecular weight excluding hydrogens is 252 g/mol. The third-order valence-corrected chi connectivity index (χ3v) is 4.90. The van der Waals surface area contributed by atoms with Gasteiger partial charge in [0, 0.05) is 18.4 Å². The fourth-order valence-corrected chi connectivity index (χ4v) is 4.22. The second-order valence-corrected chi connectivity index (χ2v) is 5.91. The highest BCUT2D eigenvalue weighted by molar-refractivity contribution is 6.06. The lowest BCUT2D eigenvalue weighted by Gasteiger charge is -2.42. The van der Waals surface area contributed by atoms with Crippen LogP contribution < -0.4 is 0 Å². The first kappa shape index (κ1) is 13.3. The van der Waals surface area contributed by atoms with E-state index in [9.17, 15) is 9.59 Å². The monoisotopic (exact) mass is 272 g/mol. The van der Waals surface area contributed by atoms with Gasteiger partial charge in [-0.3, -0.25) is 9.59 Å². The van der Waals surface area contributed by atoms with Crippen molar-refractivity contribution in [1.82, 2.24) is 0 Å². The van der Waals surface area contributed by atoms with Crippen LogP contribution in [0.5, 0.6) is 0 Å². The third kappa shape index (κ3) is 1.72. The lowest BCUT2D eigenvalue weighted by Crippen LogP contribution is -2.51. The number of Topliss-reactive ketones (excluding diaryl/α,β-unsaturated/α-hetero) is 1. The van der Waals surface area contributed by atoms with Gasteiger partial charge in [0.15, 0.2) is 5.60 Å². The minimum absolute atomic E-state index is 0.00972. The second kappa shape index (κ2) is 4.72. The van der Waals surface area contributed by atoms with Gasteiger partial charge in [0.2, 0.25) is 5.78 Å². The molecular formula is C17H20O3. The van der Waals surface area contributed by atoms with Gasteiger partial charge in [0.1, 0.15) is 0 Å². The van der Waals surface area contributed by atoms with Crippen LogP contribution >= 0.6 is 0 Å². The standard InChI is InChI=1S/C17H20O3/c1-3-12-13-7-4-5-8-14(13)16(19)17(20-11(2)18)10-6-9-15(12)17/h4-5,7-8,12,15H,3,6,9-10H2,1-2H3/t12-,15+,17-/m0/s1. The number of ether oxygens (including phenoxy) is 1. The van der Waals surface area contributed by atoms with E-state index in [2.05, 4.69) is 13.0 Å². The maximum atomic E-state index is 12.9. The summed E-state index contributed by atoms with van der Waals surface area (Å²) >= 11 is 0. The molecule has 0 N–H and O–H groups in total. The van der Waals surface area contributed by atoms with Crippen molar-refractivity contribution < 1.29 is 14.3 Å². The van der Waals surface area contributed by atoms with E-state index in [0.717, 1.165) is 30.4 Å². The Morgan fingerprint density at radius 2 is 2.15 bits per heavy atom. The molecule has 20 heavy (non-hydrogen) atoms. The van der Waals surface area contributed by atoms with E-state index in [1.54, 1.807) is 0 Å². The van der Waals surface area contributed by atoms with Gasteiger partial charge < -0.3 is 4.74 Å². The summed E-state index contributed by atoms with van der Waals surface area (Å²) in [6, 6.07) is 7.81. The number of carbonyl (C=O) groups excluding carboxylic acids is 2. The third-order valence-electron chi connectivity index (χ3n) is 4.90. The summed E-state index contributed by atoms with van der Waals surface area (Å²) in [5, 5.41) is 0. The van der Waals surface area contributed by atoms with Crippen LogP contribution in [0.1, 0.15) is 61.4 Å². The molecule has 1 fully saturated rings. The van der Waals surface area contributed by atoms with Gasteiger partial charge in [-0.1, -0.05) is 31.2 Å². The second-order valence-electron chi connectivity index (χ2n) is 5.91. The van der Waals surface area contributed by atoms with Gasteiger partial charge >= 0.3 is 5.97 Å². The molecule has 3 rings (SSSR count). The van der Waals surface area contributed by atoms with Gasteiger partial charge in [-0.15, -0.1) is 0 Å². The summed E-state index contributed by atoms with van der Waals surface area (Å²) in [7, 11) is 0. The minimum atomic E-state index is -0.902. The maximum Gasteiger partial charge on any atom is 0.303 e. The Bertz CT molecular complexity index is 563. The highest BCUT2D eigenvalue weighted by Gasteiger charge is 2.57. The predicted octanol–water partition coefficient (Wildman–Crippen LogP) is 3.48. The van der Waals surface area contributed by atoms with Crippen molar-refractivity contribution in [2.24, 2.45) is 5.92 Å². The van der Waals surface area contributed by atoms with Crippen molar-refractivity contribution in [2.45, 2.75) is 51.0 Å². The summed E-state index contributed by atoms with van der Waals surface area (Å²) in [6.07, 6.45) is 3.55.